The molecule has 0 aliphatic heterocycles. The molecule has 0 aliphatic carbocycles. The minimum absolute atomic E-state index is 0. The Labute approximate surface area is 103 Å². The Balaban J connectivity index is -0.0000000457. The molecule has 0 aromatic rings. The second-order valence-electron chi connectivity index (χ2n) is 1.92. The van der Waals surface area contributed by atoms with Gasteiger partial charge in [-0.2, -0.15) is 0 Å². The maximum Gasteiger partial charge on any atom is -1.00 e. The third-order valence-corrected chi connectivity index (χ3v) is 2.73. The molecule has 0 aromatic carbocycles. The summed E-state index contributed by atoms with van der Waals surface area (Å²) in [5.41, 5.74) is 0. The van der Waals surface area contributed by atoms with Gasteiger partial charge in [0.25, 0.3) is 0 Å². The van der Waals surface area contributed by atoms with Crippen molar-refractivity contribution >= 4 is 30.8 Å². The van der Waals surface area contributed by atoms with Crippen LogP contribution in [0, 0.1) is 0 Å². The van der Waals surface area contributed by atoms with E-state index in [1.165, 1.54) is 15.8 Å². The van der Waals surface area contributed by atoms with E-state index in [9.17, 15) is 0 Å². The topological polar surface area (TPSA) is 9.23 Å². The van der Waals surface area contributed by atoms with Gasteiger partial charge in [-0.15, -0.1) is 0 Å². The van der Waals surface area contributed by atoms with Gasteiger partial charge in [-0.05, 0) is 0 Å². The SMILES string of the molecule is C[CH2][Al+][CH2]C.C[CH2][Al+][O]C.[Cl-].[Cl-]. The van der Waals surface area contributed by atoms with Gasteiger partial charge < -0.3 is 24.8 Å². The Bertz CT molecular complexity index is 40.4. The molecule has 0 N–H and O–H groups in total. The first-order valence-corrected chi connectivity index (χ1v) is 6.91. The van der Waals surface area contributed by atoms with Crippen molar-refractivity contribution in [2.45, 2.75) is 36.6 Å². The summed E-state index contributed by atoms with van der Waals surface area (Å²) in [6.07, 6.45) is 0. The second kappa shape index (κ2) is 29.4. The van der Waals surface area contributed by atoms with E-state index in [1.54, 1.807) is 7.11 Å². The molecule has 0 saturated carbocycles. The van der Waals surface area contributed by atoms with E-state index >= 15 is 0 Å². The summed E-state index contributed by atoms with van der Waals surface area (Å²) in [4.78, 5) is 0. The summed E-state index contributed by atoms with van der Waals surface area (Å²) >= 11 is 1.13. The van der Waals surface area contributed by atoms with Crippen LogP contribution in [0.2, 0.25) is 15.8 Å². The van der Waals surface area contributed by atoms with Gasteiger partial charge in [-0.25, -0.2) is 0 Å². The molecule has 0 unspecified atom stereocenters. The summed E-state index contributed by atoms with van der Waals surface area (Å²) in [7, 11) is 1.75. The average molecular weight is 243 g/mol. The summed E-state index contributed by atoms with van der Waals surface area (Å²) in [6, 6.07) is 0. The van der Waals surface area contributed by atoms with E-state index in [4.69, 9.17) is 3.79 Å². The van der Waals surface area contributed by atoms with Crippen molar-refractivity contribution < 1.29 is 28.6 Å². The van der Waals surface area contributed by atoms with Crippen LogP contribution >= 0.6 is 0 Å². The van der Waals surface area contributed by atoms with Crippen molar-refractivity contribution in [3.05, 3.63) is 0 Å². The molecular weight excluding hydrogens is 225 g/mol. The van der Waals surface area contributed by atoms with Crippen molar-refractivity contribution in [3.63, 3.8) is 0 Å². The van der Waals surface area contributed by atoms with Gasteiger partial charge in [0.2, 0.25) is 0 Å². The third-order valence-electron chi connectivity index (χ3n) is 0.911. The minimum Gasteiger partial charge on any atom is -1.00 e. The summed E-state index contributed by atoms with van der Waals surface area (Å²) in [5, 5.41) is 4.06. The maximum atomic E-state index is 4.77. The van der Waals surface area contributed by atoms with Gasteiger partial charge in [0, 0.05) is 0 Å². The predicted molar refractivity (Wildman–Crippen MR) is 50.0 cm³/mol. The fraction of sp³-hybridized carbons (Fsp3) is 1.00. The molecule has 0 heterocycles. The number of hydrogen-bond acceptors (Lipinski definition) is 1. The van der Waals surface area contributed by atoms with Crippen LogP contribution in [0.4, 0.5) is 0 Å². The van der Waals surface area contributed by atoms with Crippen LogP contribution in [0.15, 0.2) is 0 Å². The molecule has 0 atom stereocenters. The van der Waals surface area contributed by atoms with Gasteiger partial charge in [0.05, 0.1) is 0 Å². The first-order chi connectivity index (χ1) is 4.83. The molecule has 0 aromatic heterocycles. The summed E-state index contributed by atoms with van der Waals surface area (Å²) < 4.78 is 4.77. The van der Waals surface area contributed by atoms with E-state index < -0.39 is 0 Å². The molecule has 0 amide bonds. The van der Waals surface area contributed by atoms with E-state index in [1.807, 2.05) is 0 Å². The number of hydrogen-bond donors (Lipinski definition) is 0. The van der Waals surface area contributed by atoms with Crippen molar-refractivity contribution in [3.8, 4) is 0 Å². The van der Waals surface area contributed by atoms with Gasteiger partial charge in [-0.3, -0.25) is 0 Å². The zero-order valence-electron chi connectivity index (χ0n) is 8.44. The van der Waals surface area contributed by atoms with E-state index in [-0.39, 0.29) is 24.8 Å². The number of halogens is 2. The monoisotopic (exact) mass is 242 g/mol. The van der Waals surface area contributed by atoms with E-state index in [0.717, 1.165) is 15.2 Å². The Hall–Kier alpha value is 1.60. The molecule has 0 aliphatic rings. The zero-order chi connectivity index (χ0) is 8.24. The molecule has 5 heteroatoms. The molecule has 0 rings (SSSR count). The molecule has 0 fully saturated rings. The molecule has 0 bridgehead atoms. The van der Waals surface area contributed by atoms with Gasteiger partial charge in [0.15, 0.2) is 0 Å². The molecule has 0 radical (unpaired) electrons. The Morgan fingerprint density at radius 3 is 1.33 bits per heavy atom. The standard InChI is InChI=1S/3C2H5.CH3O.2Al.2ClH/c4*1-2;;;;/h3*1H2,2H3;1H3;;;2*1H/q;;;-1;+1;+2;;/p-2. The van der Waals surface area contributed by atoms with Crippen molar-refractivity contribution in [1.29, 1.82) is 0 Å². The van der Waals surface area contributed by atoms with Crippen LogP contribution in [-0.4, -0.2) is 37.9 Å². The van der Waals surface area contributed by atoms with E-state index in [2.05, 4.69) is 20.8 Å². The van der Waals surface area contributed by atoms with Crippen LogP contribution in [0.5, 0.6) is 0 Å². The van der Waals surface area contributed by atoms with Crippen molar-refractivity contribution in [2.24, 2.45) is 0 Å². The molecule has 1 nitrogen and oxygen atoms in total. The molecule has 0 saturated heterocycles. The van der Waals surface area contributed by atoms with Crippen LogP contribution in [0.25, 0.3) is 0 Å². The first-order valence-electron chi connectivity index (χ1n) is 3.99. The van der Waals surface area contributed by atoms with Gasteiger partial charge >= 0.3 is 78.3 Å². The molecular formula is C7H18Al2Cl2O. The Morgan fingerprint density at radius 2 is 1.33 bits per heavy atom. The van der Waals surface area contributed by atoms with E-state index in [0.29, 0.717) is 15.6 Å². The summed E-state index contributed by atoms with van der Waals surface area (Å²) in [6.45, 7) is 6.62. The van der Waals surface area contributed by atoms with Crippen molar-refractivity contribution in [2.75, 3.05) is 7.11 Å². The fourth-order valence-electron chi connectivity index (χ4n) is 0.455. The molecule has 72 valence electrons. The maximum absolute atomic E-state index is 4.77. The Morgan fingerprint density at radius 1 is 0.917 bits per heavy atom. The second-order valence-corrected chi connectivity index (χ2v) is 5.75. The van der Waals surface area contributed by atoms with Crippen LogP contribution in [0.3, 0.4) is 0 Å². The van der Waals surface area contributed by atoms with Gasteiger partial charge in [0.1, 0.15) is 0 Å². The largest absolute Gasteiger partial charge is 1.00 e. The third kappa shape index (κ3) is 41.5. The van der Waals surface area contributed by atoms with Gasteiger partial charge in [-0.1, -0.05) is 0 Å². The van der Waals surface area contributed by atoms with Crippen LogP contribution < -0.4 is 24.8 Å². The van der Waals surface area contributed by atoms with Crippen molar-refractivity contribution in [1.82, 2.24) is 0 Å². The predicted octanol–water partition coefficient (Wildman–Crippen LogP) is -3.73. The minimum atomic E-state index is 0. The Kier molecular flexibility index (Phi) is 57.3. The quantitative estimate of drug-likeness (QED) is 0.461. The molecule has 12 heavy (non-hydrogen) atoms. The average Bonchev–Trinajstić information content (AvgIpc) is 1.93. The molecule has 0 spiro atoms. The first kappa shape index (κ1) is 23.4. The summed E-state index contributed by atoms with van der Waals surface area (Å²) in [5.74, 6) is 0. The smallest absolute Gasteiger partial charge is 1.00 e. The zero-order valence-corrected chi connectivity index (χ0v) is 12.3. The fourth-order valence-corrected chi connectivity index (χ4v) is 1.37. The number of rotatable bonds is 4. The van der Waals surface area contributed by atoms with Crippen LogP contribution in [-0.2, 0) is 3.79 Å². The normalized spacial score (nSPS) is 5.67. The van der Waals surface area contributed by atoms with Crippen LogP contribution in [0.1, 0.15) is 20.8 Å².